The van der Waals surface area contributed by atoms with E-state index >= 15 is 0 Å². The second kappa shape index (κ2) is 5.16. The molecule has 18 heavy (non-hydrogen) atoms. The normalized spacial score (nSPS) is 21.2. The molecule has 0 unspecified atom stereocenters. The Morgan fingerprint density at radius 1 is 1.28 bits per heavy atom. The fraction of sp³-hybridized carbons (Fsp3) is 0.636. The van der Waals surface area contributed by atoms with E-state index < -0.39 is 5.97 Å². The molecule has 0 atom stereocenters. The van der Waals surface area contributed by atoms with E-state index in [0.29, 0.717) is 38.1 Å². The summed E-state index contributed by atoms with van der Waals surface area (Å²) in [6, 6.07) is 0. The van der Waals surface area contributed by atoms with Gasteiger partial charge in [0.2, 0.25) is 5.91 Å². The van der Waals surface area contributed by atoms with E-state index in [1.54, 1.807) is 4.90 Å². The molecule has 0 spiro atoms. The van der Waals surface area contributed by atoms with Crippen LogP contribution in [0, 0.1) is 5.92 Å². The zero-order valence-corrected chi connectivity index (χ0v) is 9.89. The average molecular weight is 253 g/mol. The third-order valence-electron chi connectivity index (χ3n) is 3.28. The van der Waals surface area contributed by atoms with Gasteiger partial charge in [0.05, 0.1) is 5.92 Å². The number of nitrogens with one attached hydrogen (secondary N) is 1. The third-order valence-corrected chi connectivity index (χ3v) is 3.28. The van der Waals surface area contributed by atoms with Crippen LogP contribution in [0.3, 0.4) is 0 Å². The smallest absolute Gasteiger partial charge is 0.306 e. The molecule has 2 N–H and O–H groups in total. The van der Waals surface area contributed by atoms with Gasteiger partial charge in [-0.05, 0) is 12.8 Å². The highest BCUT2D eigenvalue weighted by atomic mass is 16.4. The van der Waals surface area contributed by atoms with Crippen LogP contribution in [0.5, 0.6) is 0 Å². The van der Waals surface area contributed by atoms with Gasteiger partial charge in [-0.1, -0.05) is 0 Å². The highest BCUT2D eigenvalue weighted by molar-refractivity contribution is 6.39. The topological polar surface area (TPSA) is 99.1 Å². The molecule has 2 rings (SSSR count). The molecule has 2 amide bonds. The minimum atomic E-state index is -0.802. The lowest BCUT2D eigenvalue weighted by molar-refractivity contribution is -0.144. The molecule has 0 aromatic heterocycles. The lowest BCUT2D eigenvalue weighted by Gasteiger charge is -2.30. The maximum atomic E-state index is 12.0. The molecule has 0 bridgehead atoms. The van der Waals surface area contributed by atoms with Crippen LogP contribution in [0.1, 0.15) is 25.7 Å². The monoisotopic (exact) mass is 253 g/mol. The van der Waals surface area contributed by atoms with Crippen molar-refractivity contribution in [3.63, 3.8) is 0 Å². The molecule has 1 saturated heterocycles. The summed E-state index contributed by atoms with van der Waals surface area (Å²) in [5, 5.41) is 12.6. The molecule has 2 aliphatic heterocycles. The fourth-order valence-corrected chi connectivity index (χ4v) is 2.14. The fourth-order valence-electron chi connectivity index (χ4n) is 2.14. The Bertz CT molecular complexity index is 411. The van der Waals surface area contributed by atoms with E-state index in [4.69, 9.17) is 5.11 Å². The van der Waals surface area contributed by atoms with Gasteiger partial charge >= 0.3 is 5.97 Å². The lowest BCUT2D eigenvalue weighted by atomic mass is 9.96. The Morgan fingerprint density at radius 3 is 2.44 bits per heavy atom. The first-order valence-corrected chi connectivity index (χ1v) is 5.95. The molecule has 2 aliphatic rings. The van der Waals surface area contributed by atoms with Gasteiger partial charge in [0, 0.05) is 25.9 Å². The number of nitrogens with zero attached hydrogens (tertiary/aromatic N) is 2. The van der Waals surface area contributed by atoms with Gasteiger partial charge in [0.1, 0.15) is 5.71 Å². The van der Waals surface area contributed by atoms with Crippen molar-refractivity contribution in [3.8, 4) is 0 Å². The predicted molar refractivity (Wildman–Crippen MR) is 61.8 cm³/mol. The summed E-state index contributed by atoms with van der Waals surface area (Å²) >= 11 is 0. The standard InChI is InChI=1S/C11H15N3O4/c15-9-2-1-8(12-13-9)10(16)14-5-3-7(4-6-14)11(17)18/h7H,1-6H2,(H,13,15)(H,17,18). The molecule has 7 heteroatoms. The zero-order valence-electron chi connectivity index (χ0n) is 9.89. The first-order chi connectivity index (χ1) is 8.58. The van der Waals surface area contributed by atoms with Gasteiger partial charge in [0.15, 0.2) is 0 Å². The largest absolute Gasteiger partial charge is 0.481 e. The van der Waals surface area contributed by atoms with Gasteiger partial charge in [0.25, 0.3) is 5.91 Å². The van der Waals surface area contributed by atoms with Crippen molar-refractivity contribution in [1.29, 1.82) is 0 Å². The quantitative estimate of drug-likeness (QED) is 0.697. The summed E-state index contributed by atoms with van der Waals surface area (Å²) in [7, 11) is 0. The minimum absolute atomic E-state index is 0.184. The van der Waals surface area contributed by atoms with Crippen LogP contribution in [0.2, 0.25) is 0 Å². The SMILES string of the molecule is O=C1CCC(C(=O)N2CCC(C(=O)O)CC2)=NN1. The number of carbonyl (C=O) groups is 3. The summed E-state index contributed by atoms with van der Waals surface area (Å²) in [6.07, 6.45) is 1.57. The summed E-state index contributed by atoms with van der Waals surface area (Å²) in [4.78, 5) is 35.4. The first-order valence-electron chi connectivity index (χ1n) is 5.95. The summed E-state index contributed by atoms with van der Waals surface area (Å²) in [6.45, 7) is 0.867. The maximum absolute atomic E-state index is 12.0. The molecular formula is C11H15N3O4. The van der Waals surface area contributed by atoms with Gasteiger partial charge < -0.3 is 10.0 Å². The second-order valence-corrected chi connectivity index (χ2v) is 4.50. The number of hydrogen-bond acceptors (Lipinski definition) is 4. The molecule has 0 saturated carbocycles. The molecule has 2 heterocycles. The minimum Gasteiger partial charge on any atom is -0.481 e. The Balaban J connectivity index is 1.92. The lowest BCUT2D eigenvalue weighted by Crippen LogP contribution is -2.45. The van der Waals surface area contributed by atoms with Crippen molar-refractivity contribution in [2.75, 3.05) is 13.1 Å². The van der Waals surface area contributed by atoms with Gasteiger partial charge in [-0.25, -0.2) is 5.43 Å². The van der Waals surface area contributed by atoms with Crippen molar-refractivity contribution in [2.24, 2.45) is 11.0 Å². The number of carboxylic acids is 1. The van der Waals surface area contributed by atoms with Crippen molar-refractivity contribution in [2.45, 2.75) is 25.7 Å². The molecular weight excluding hydrogens is 238 g/mol. The van der Waals surface area contributed by atoms with Crippen molar-refractivity contribution < 1.29 is 19.5 Å². The van der Waals surface area contributed by atoms with Crippen LogP contribution in [0.15, 0.2) is 5.10 Å². The molecule has 0 aromatic carbocycles. The molecule has 98 valence electrons. The van der Waals surface area contributed by atoms with Crippen LogP contribution >= 0.6 is 0 Å². The number of likely N-dealkylation sites (tertiary alicyclic amines) is 1. The Kier molecular flexibility index (Phi) is 3.59. The highest BCUT2D eigenvalue weighted by Gasteiger charge is 2.29. The van der Waals surface area contributed by atoms with Gasteiger partial charge in [-0.15, -0.1) is 0 Å². The van der Waals surface area contributed by atoms with E-state index in [0.717, 1.165) is 0 Å². The molecule has 7 nitrogen and oxygen atoms in total. The van der Waals surface area contributed by atoms with Crippen molar-refractivity contribution in [1.82, 2.24) is 10.3 Å². The Labute approximate surface area is 104 Å². The molecule has 0 aliphatic carbocycles. The molecule has 0 radical (unpaired) electrons. The van der Waals surface area contributed by atoms with E-state index in [1.165, 1.54) is 0 Å². The number of hydrogen-bond donors (Lipinski definition) is 2. The summed E-state index contributed by atoms with van der Waals surface area (Å²) < 4.78 is 0. The van der Waals surface area contributed by atoms with E-state index in [1.807, 2.05) is 0 Å². The number of carbonyl (C=O) groups excluding carboxylic acids is 2. The van der Waals surface area contributed by atoms with Crippen LogP contribution in [-0.2, 0) is 14.4 Å². The van der Waals surface area contributed by atoms with Crippen molar-refractivity contribution in [3.05, 3.63) is 0 Å². The number of rotatable bonds is 2. The zero-order chi connectivity index (χ0) is 13.1. The number of carboxylic acid groups (broad SMARTS) is 1. The van der Waals surface area contributed by atoms with E-state index in [2.05, 4.69) is 10.5 Å². The third kappa shape index (κ3) is 2.66. The van der Waals surface area contributed by atoms with Crippen molar-refractivity contribution >= 4 is 23.5 Å². The average Bonchev–Trinajstić information content (AvgIpc) is 2.39. The number of piperidine rings is 1. The van der Waals surface area contributed by atoms with E-state index in [9.17, 15) is 14.4 Å². The molecule has 0 aromatic rings. The number of amides is 2. The number of aliphatic carboxylic acids is 1. The van der Waals surface area contributed by atoms with Crippen LogP contribution < -0.4 is 5.43 Å². The second-order valence-electron chi connectivity index (χ2n) is 4.50. The maximum Gasteiger partial charge on any atom is 0.306 e. The number of hydrazone groups is 1. The highest BCUT2D eigenvalue weighted by Crippen LogP contribution is 2.18. The predicted octanol–water partition coefficient (Wildman–Crippen LogP) is -0.424. The van der Waals surface area contributed by atoms with Gasteiger partial charge in [-0.3, -0.25) is 14.4 Å². The Morgan fingerprint density at radius 2 is 1.94 bits per heavy atom. The van der Waals surface area contributed by atoms with Crippen LogP contribution in [-0.4, -0.2) is 46.6 Å². The Hall–Kier alpha value is -1.92. The summed E-state index contributed by atoms with van der Waals surface area (Å²) in [5.41, 5.74) is 2.64. The molecule has 1 fully saturated rings. The first kappa shape index (κ1) is 12.5. The van der Waals surface area contributed by atoms with Gasteiger partial charge in [-0.2, -0.15) is 5.10 Å². The van der Waals surface area contributed by atoms with E-state index in [-0.39, 0.29) is 24.2 Å². The van der Waals surface area contributed by atoms with Crippen LogP contribution in [0.25, 0.3) is 0 Å². The van der Waals surface area contributed by atoms with Crippen LogP contribution in [0.4, 0.5) is 0 Å². The summed E-state index contributed by atoms with van der Waals surface area (Å²) in [5.74, 6) is -1.54.